The summed E-state index contributed by atoms with van der Waals surface area (Å²) in [5.41, 5.74) is 0.886. The van der Waals surface area contributed by atoms with Gasteiger partial charge in [0, 0.05) is 10.5 Å². The molecule has 0 aliphatic carbocycles. The van der Waals surface area contributed by atoms with Gasteiger partial charge in [0.05, 0.1) is 17.3 Å². The molecule has 94 valence electrons. The number of pyridine rings is 1. The van der Waals surface area contributed by atoms with Gasteiger partial charge in [-0.1, -0.05) is 0 Å². The van der Waals surface area contributed by atoms with Crippen LogP contribution in [-0.4, -0.2) is 12.1 Å². The number of nitrogens with zero attached hydrogens (tertiary/aromatic N) is 1. The lowest BCUT2D eigenvalue weighted by Crippen LogP contribution is -1.92. The van der Waals surface area contributed by atoms with E-state index in [2.05, 4.69) is 36.8 Å². The minimum absolute atomic E-state index is 0.557. The van der Waals surface area contributed by atoms with Gasteiger partial charge in [-0.15, -0.1) is 0 Å². The van der Waals surface area contributed by atoms with Gasteiger partial charge in [-0.25, -0.2) is 4.98 Å². The molecule has 0 saturated carbocycles. The molecule has 1 heterocycles. The molecule has 3 nitrogen and oxygen atoms in total. The van der Waals surface area contributed by atoms with Crippen molar-refractivity contribution >= 4 is 31.9 Å². The third-order valence-corrected chi connectivity index (χ3v) is 3.81. The third-order valence-electron chi connectivity index (χ3n) is 2.35. The van der Waals surface area contributed by atoms with Crippen LogP contribution in [0.4, 0.5) is 0 Å². The van der Waals surface area contributed by atoms with Gasteiger partial charge in [0.15, 0.2) is 0 Å². The number of hydrogen-bond donors (Lipinski definition) is 0. The smallest absolute Gasteiger partial charge is 0.219 e. The Morgan fingerprint density at radius 1 is 1.06 bits per heavy atom. The molecular formula is C13H11Br2NO2. The Bertz CT molecular complexity index is 573. The maximum atomic E-state index is 5.71. The predicted molar refractivity (Wildman–Crippen MR) is 77.4 cm³/mol. The molecule has 0 aliphatic rings. The van der Waals surface area contributed by atoms with E-state index in [1.54, 1.807) is 7.11 Å². The maximum absolute atomic E-state index is 5.71. The predicted octanol–water partition coefficient (Wildman–Crippen LogP) is 4.72. The lowest BCUT2D eigenvalue weighted by Gasteiger charge is -2.09. The molecule has 2 aromatic rings. The molecule has 18 heavy (non-hydrogen) atoms. The highest BCUT2D eigenvalue weighted by atomic mass is 79.9. The summed E-state index contributed by atoms with van der Waals surface area (Å²) in [4.78, 5) is 4.33. The van der Waals surface area contributed by atoms with Crippen LogP contribution in [0, 0.1) is 6.92 Å². The molecule has 0 radical (unpaired) electrons. The fraction of sp³-hybridized carbons (Fsp3) is 0.154. The average molecular weight is 373 g/mol. The Morgan fingerprint density at radius 2 is 1.83 bits per heavy atom. The first-order valence-corrected chi connectivity index (χ1v) is 6.83. The number of aromatic nitrogens is 1. The van der Waals surface area contributed by atoms with Crippen molar-refractivity contribution in [1.82, 2.24) is 4.98 Å². The van der Waals surface area contributed by atoms with Crippen molar-refractivity contribution in [2.24, 2.45) is 0 Å². The van der Waals surface area contributed by atoms with Crippen LogP contribution < -0.4 is 9.47 Å². The van der Waals surface area contributed by atoms with Gasteiger partial charge in [0.1, 0.15) is 11.5 Å². The van der Waals surface area contributed by atoms with Gasteiger partial charge in [-0.2, -0.15) is 0 Å². The molecule has 1 aromatic heterocycles. The minimum Gasteiger partial charge on any atom is -0.497 e. The van der Waals surface area contributed by atoms with Gasteiger partial charge in [0.2, 0.25) is 5.88 Å². The number of benzene rings is 1. The largest absolute Gasteiger partial charge is 0.497 e. The fourth-order valence-electron chi connectivity index (χ4n) is 1.38. The third kappa shape index (κ3) is 3.03. The van der Waals surface area contributed by atoms with Crippen LogP contribution in [0.15, 0.2) is 39.3 Å². The second-order valence-corrected chi connectivity index (χ2v) is 5.32. The molecule has 0 N–H and O–H groups in total. The van der Waals surface area contributed by atoms with Gasteiger partial charge in [-0.3, -0.25) is 0 Å². The van der Waals surface area contributed by atoms with Crippen LogP contribution in [0.25, 0.3) is 0 Å². The Labute approximate surface area is 122 Å². The molecule has 5 heteroatoms. The van der Waals surface area contributed by atoms with E-state index in [4.69, 9.17) is 9.47 Å². The summed E-state index contributed by atoms with van der Waals surface area (Å²) in [6.45, 7) is 1.92. The average Bonchev–Trinajstić information content (AvgIpc) is 2.36. The molecule has 0 spiro atoms. The van der Waals surface area contributed by atoms with Crippen molar-refractivity contribution in [3.8, 4) is 17.4 Å². The summed E-state index contributed by atoms with van der Waals surface area (Å²) in [7, 11) is 1.63. The van der Waals surface area contributed by atoms with E-state index >= 15 is 0 Å². The molecule has 0 fully saturated rings. The highest BCUT2D eigenvalue weighted by Crippen LogP contribution is 2.32. The fourth-order valence-corrected chi connectivity index (χ4v) is 2.04. The Hall–Kier alpha value is -1.07. The van der Waals surface area contributed by atoms with Gasteiger partial charge >= 0.3 is 0 Å². The second kappa shape index (κ2) is 5.71. The first kappa shape index (κ1) is 13.4. The summed E-state index contributed by atoms with van der Waals surface area (Å²) in [6.07, 6.45) is 0. The maximum Gasteiger partial charge on any atom is 0.219 e. The second-order valence-electron chi connectivity index (χ2n) is 3.62. The molecule has 0 amide bonds. The van der Waals surface area contributed by atoms with E-state index in [1.165, 1.54) is 0 Å². The molecule has 2 rings (SSSR count). The number of methoxy groups -OCH3 is 1. The van der Waals surface area contributed by atoms with Crippen molar-refractivity contribution in [3.63, 3.8) is 0 Å². The first-order chi connectivity index (χ1) is 8.60. The van der Waals surface area contributed by atoms with Crippen molar-refractivity contribution in [3.05, 3.63) is 45.0 Å². The number of aryl methyl sites for hydroxylation is 1. The van der Waals surface area contributed by atoms with Crippen LogP contribution in [-0.2, 0) is 0 Å². The topological polar surface area (TPSA) is 31.4 Å². The molecule has 0 atom stereocenters. The van der Waals surface area contributed by atoms with E-state index in [0.29, 0.717) is 11.6 Å². The highest BCUT2D eigenvalue weighted by Gasteiger charge is 2.06. The van der Waals surface area contributed by atoms with Gasteiger partial charge in [-0.05, 0) is 63.0 Å². The lowest BCUT2D eigenvalue weighted by atomic mass is 10.3. The van der Waals surface area contributed by atoms with Crippen molar-refractivity contribution < 1.29 is 9.47 Å². The highest BCUT2D eigenvalue weighted by molar-refractivity contribution is 9.10. The minimum atomic E-state index is 0.557. The quantitative estimate of drug-likeness (QED) is 0.781. The first-order valence-electron chi connectivity index (χ1n) is 5.24. The van der Waals surface area contributed by atoms with E-state index in [0.717, 1.165) is 20.4 Å². The Kier molecular flexibility index (Phi) is 4.24. The zero-order valence-corrected chi connectivity index (χ0v) is 13.1. The normalized spacial score (nSPS) is 10.2. The van der Waals surface area contributed by atoms with E-state index in [1.807, 2.05) is 37.3 Å². The summed E-state index contributed by atoms with van der Waals surface area (Å²) >= 11 is 6.84. The van der Waals surface area contributed by atoms with Crippen molar-refractivity contribution in [2.75, 3.05) is 7.11 Å². The van der Waals surface area contributed by atoms with Crippen LogP contribution in [0.2, 0.25) is 0 Å². The summed E-state index contributed by atoms with van der Waals surface area (Å²) in [5, 5.41) is 0. The summed E-state index contributed by atoms with van der Waals surface area (Å²) in [5.74, 6) is 2.03. The van der Waals surface area contributed by atoms with Gasteiger partial charge < -0.3 is 9.47 Å². The van der Waals surface area contributed by atoms with E-state index in [9.17, 15) is 0 Å². The molecule has 0 saturated heterocycles. The zero-order valence-electron chi connectivity index (χ0n) is 9.91. The summed E-state index contributed by atoms with van der Waals surface area (Å²) < 4.78 is 12.6. The monoisotopic (exact) mass is 371 g/mol. The molecule has 0 aliphatic heterocycles. The zero-order chi connectivity index (χ0) is 13.1. The van der Waals surface area contributed by atoms with Crippen LogP contribution in [0.5, 0.6) is 17.4 Å². The SMILES string of the molecule is COc1ccc(Oc2ccc(Br)c(C)n2)c(Br)c1. The van der Waals surface area contributed by atoms with Gasteiger partial charge in [0.25, 0.3) is 0 Å². The number of rotatable bonds is 3. The number of halogens is 2. The van der Waals surface area contributed by atoms with E-state index in [-0.39, 0.29) is 0 Å². The van der Waals surface area contributed by atoms with Crippen LogP contribution in [0.1, 0.15) is 5.69 Å². The van der Waals surface area contributed by atoms with Crippen molar-refractivity contribution in [2.45, 2.75) is 6.92 Å². The Balaban J connectivity index is 2.25. The lowest BCUT2D eigenvalue weighted by molar-refractivity contribution is 0.411. The van der Waals surface area contributed by atoms with E-state index < -0.39 is 0 Å². The molecule has 0 unspecified atom stereocenters. The summed E-state index contributed by atoms with van der Waals surface area (Å²) in [6, 6.07) is 9.25. The Morgan fingerprint density at radius 3 is 2.44 bits per heavy atom. The van der Waals surface area contributed by atoms with Crippen LogP contribution >= 0.6 is 31.9 Å². The number of hydrogen-bond acceptors (Lipinski definition) is 3. The van der Waals surface area contributed by atoms with Crippen molar-refractivity contribution in [1.29, 1.82) is 0 Å². The molecular weight excluding hydrogens is 362 g/mol. The molecule has 0 bridgehead atoms. The standard InChI is InChI=1S/C13H11Br2NO2/c1-8-10(14)4-6-13(16-8)18-12-5-3-9(17-2)7-11(12)15/h3-7H,1-2H3. The number of ether oxygens (including phenoxy) is 2. The molecule has 1 aromatic carbocycles. The van der Waals surface area contributed by atoms with Crippen LogP contribution in [0.3, 0.4) is 0 Å².